The van der Waals surface area contributed by atoms with Gasteiger partial charge in [-0.1, -0.05) is 11.6 Å². The number of carbonyl (C=O) groups is 1. The van der Waals surface area contributed by atoms with Gasteiger partial charge in [0.2, 0.25) is 0 Å². The second-order valence-electron chi connectivity index (χ2n) is 4.86. The lowest BCUT2D eigenvalue weighted by Gasteiger charge is -2.28. The van der Waals surface area contributed by atoms with E-state index in [4.69, 9.17) is 5.11 Å². The van der Waals surface area contributed by atoms with E-state index < -0.39 is 5.97 Å². The topological polar surface area (TPSA) is 58.4 Å². The number of aryl methyl sites for hydroxylation is 2. The summed E-state index contributed by atoms with van der Waals surface area (Å²) >= 11 is 0. The molecule has 0 fully saturated rings. The van der Waals surface area contributed by atoms with Gasteiger partial charge < -0.3 is 10.0 Å². The zero-order valence-electron chi connectivity index (χ0n) is 11.6. The van der Waals surface area contributed by atoms with Gasteiger partial charge in [0.15, 0.2) is 0 Å². The van der Waals surface area contributed by atoms with E-state index in [1.165, 1.54) is 11.6 Å². The maximum atomic E-state index is 10.7. The first-order chi connectivity index (χ1) is 8.99. The van der Waals surface area contributed by atoms with Crippen LogP contribution >= 0.6 is 0 Å². The summed E-state index contributed by atoms with van der Waals surface area (Å²) < 4.78 is 1.82. The molecule has 1 N–H and O–H groups in total. The second kappa shape index (κ2) is 5.30. The van der Waals surface area contributed by atoms with Crippen molar-refractivity contribution in [2.45, 2.75) is 20.3 Å². The van der Waals surface area contributed by atoms with Crippen molar-refractivity contribution in [2.24, 2.45) is 7.05 Å². The van der Waals surface area contributed by atoms with Gasteiger partial charge >= 0.3 is 5.97 Å². The van der Waals surface area contributed by atoms with Crippen LogP contribution in [0.2, 0.25) is 0 Å². The molecule has 0 saturated heterocycles. The molecule has 1 aromatic heterocycles. The summed E-state index contributed by atoms with van der Waals surface area (Å²) in [5.74, 6) is 0.0438. The van der Waals surface area contributed by atoms with Crippen molar-refractivity contribution in [1.82, 2.24) is 9.78 Å². The number of anilines is 1. The molecule has 1 aliphatic rings. The van der Waals surface area contributed by atoms with Crippen molar-refractivity contribution in [3.05, 3.63) is 29.0 Å². The zero-order valence-corrected chi connectivity index (χ0v) is 11.6. The van der Waals surface area contributed by atoms with Crippen LogP contribution in [0.4, 0.5) is 5.82 Å². The highest BCUT2D eigenvalue weighted by atomic mass is 16.4. The first kappa shape index (κ1) is 13.4. The Kier molecular flexibility index (Phi) is 3.74. The fourth-order valence-corrected chi connectivity index (χ4v) is 2.35. The molecule has 0 saturated carbocycles. The summed E-state index contributed by atoms with van der Waals surface area (Å²) in [6, 6.07) is 0. The maximum Gasteiger partial charge on any atom is 0.328 e. The van der Waals surface area contributed by atoms with Gasteiger partial charge in [-0.25, -0.2) is 4.79 Å². The molecule has 5 heteroatoms. The van der Waals surface area contributed by atoms with E-state index >= 15 is 0 Å². The molecule has 1 aliphatic heterocycles. The Morgan fingerprint density at radius 3 is 2.79 bits per heavy atom. The number of hydrogen-bond acceptors (Lipinski definition) is 3. The minimum Gasteiger partial charge on any atom is -0.478 e. The number of aromatic nitrogens is 2. The fourth-order valence-electron chi connectivity index (χ4n) is 2.35. The standard InChI is InChI=1S/C14H19N3O2/c1-10-6-8-17(9-7-10)14-12(4-5-13(18)19)11(2)15-16(14)3/h4-6H,7-9H2,1-3H3,(H,18,19)/b5-4+. The number of nitrogens with zero attached hydrogens (tertiary/aromatic N) is 3. The molecule has 0 bridgehead atoms. The highest BCUT2D eigenvalue weighted by Gasteiger charge is 2.19. The lowest BCUT2D eigenvalue weighted by molar-refractivity contribution is -0.131. The second-order valence-corrected chi connectivity index (χ2v) is 4.86. The molecule has 0 radical (unpaired) electrons. The minimum absolute atomic E-state index is 0.846. The van der Waals surface area contributed by atoms with E-state index in [0.717, 1.165) is 36.6 Å². The summed E-state index contributed by atoms with van der Waals surface area (Å²) in [5.41, 5.74) is 3.14. The number of aliphatic carboxylic acids is 1. The van der Waals surface area contributed by atoms with Crippen LogP contribution in [0.15, 0.2) is 17.7 Å². The third-order valence-corrected chi connectivity index (χ3v) is 3.37. The molecule has 19 heavy (non-hydrogen) atoms. The third-order valence-electron chi connectivity index (χ3n) is 3.37. The first-order valence-electron chi connectivity index (χ1n) is 6.34. The van der Waals surface area contributed by atoms with Crippen LogP contribution < -0.4 is 4.90 Å². The lowest BCUT2D eigenvalue weighted by Crippen LogP contribution is -2.30. The van der Waals surface area contributed by atoms with Crippen molar-refractivity contribution in [1.29, 1.82) is 0 Å². The molecule has 102 valence electrons. The fraction of sp³-hybridized carbons (Fsp3) is 0.429. The van der Waals surface area contributed by atoms with Crippen molar-refractivity contribution in [2.75, 3.05) is 18.0 Å². The summed E-state index contributed by atoms with van der Waals surface area (Å²) in [6.07, 6.45) is 6.03. The lowest BCUT2D eigenvalue weighted by atomic mass is 10.1. The Morgan fingerprint density at radius 2 is 2.21 bits per heavy atom. The van der Waals surface area contributed by atoms with Crippen LogP contribution in [0.3, 0.4) is 0 Å². The highest BCUT2D eigenvalue weighted by molar-refractivity contribution is 5.87. The molecule has 2 rings (SSSR count). The van der Waals surface area contributed by atoms with E-state index in [9.17, 15) is 4.79 Å². The first-order valence-corrected chi connectivity index (χ1v) is 6.34. The Bertz CT molecular complexity index is 555. The summed E-state index contributed by atoms with van der Waals surface area (Å²) in [5, 5.41) is 13.2. The van der Waals surface area contributed by atoms with Gasteiger partial charge in [-0.3, -0.25) is 4.68 Å². The van der Waals surface area contributed by atoms with Crippen LogP contribution in [0.1, 0.15) is 24.6 Å². The Hall–Kier alpha value is -2.04. The van der Waals surface area contributed by atoms with E-state index in [1.807, 2.05) is 18.7 Å². The third kappa shape index (κ3) is 2.86. The molecule has 0 atom stereocenters. The van der Waals surface area contributed by atoms with E-state index in [1.54, 1.807) is 6.08 Å². The van der Waals surface area contributed by atoms with Gasteiger partial charge in [0.25, 0.3) is 0 Å². The van der Waals surface area contributed by atoms with Gasteiger partial charge in [0, 0.05) is 31.8 Å². The molecule has 0 unspecified atom stereocenters. The van der Waals surface area contributed by atoms with Crippen molar-refractivity contribution >= 4 is 17.9 Å². The molecule has 0 spiro atoms. The molecular formula is C14H19N3O2. The van der Waals surface area contributed by atoms with Crippen LogP contribution in [-0.4, -0.2) is 33.9 Å². The largest absolute Gasteiger partial charge is 0.478 e. The average molecular weight is 261 g/mol. The molecule has 0 amide bonds. The maximum absolute atomic E-state index is 10.7. The molecule has 0 aromatic carbocycles. The molecule has 5 nitrogen and oxygen atoms in total. The van der Waals surface area contributed by atoms with E-state index in [-0.39, 0.29) is 0 Å². The summed E-state index contributed by atoms with van der Waals surface area (Å²) in [6.45, 7) is 5.82. The highest BCUT2D eigenvalue weighted by Crippen LogP contribution is 2.27. The van der Waals surface area contributed by atoms with Crippen molar-refractivity contribution in [3.8, 4) is 0 Å². The van der Waals surface area contributed by atoms with Crippen LogP contribution in [0, 0.1) is 6.92 Å². The van der Waals surface area contributed by atoms with Crippen LogP contribution in [-0.2, 0) is 11.8 Å². The Labute approximate surface area is 112 Å². The molecule has 1 aromatic rings. The Morgan fingerprint density at radius 1 is 1.47 bits per heavy atom. The van der Waals surface area contributed by atoms with Crippen molar-refractivity contribution < 1.29 is 9.90 Å². The zero-order chi connectivity index (χ0) is 14.0. The molecular weight excluding hydrogens is 242 g/mol. The summed E-state index contributed by atoms with van der Waals surface area (Å²) in [7, 11) is 1.89. The predicted molar refractivity (Wildman–Crippen MR) is 75.2 cm³/mol. The normalized spacial score (nSPS) is 15.9. The SMILES string of the molecule is CC1=CCN(c2c(/C=C/C(=O)O)c(C)nn2C)CC1. The van der Waals surface area contributed by atoms with Crippen LogP contribution in [0.25, 0.3) is 6.08 Å². The van der Waals surface area contributed by atoms with Gasteiger partial charge in [-0.15, -0.1) is 0 Å². The number of hydrogen-bond donors (Lipinski definition) is 1. The van der Waals surface area contributed by atoms with Gasteiger partial charge in [-0.05, 0) is 26.3 Å². The summed E-state index contributed by atoms with van der Waals surface area (Å²) in [4.78, 5) is 12.9. The number of carboxylic acids is 1. The molecule has 2 heterocycles. The smallest absolute Gasteiger partial charge is 0.328 e. The monoisotopic (exact) mass is 261 g/mol. The van der Waals surface area contributed by atoms with Gasteiger partial charge in [-0.2, -0.15) is 5.10 Å². The predicted octanol–water partition coefficient (Wildman–Crippen LogP) is 1.98. The number of carboxylic acid groups (broad SMARTS) is 1. The van der Waals surface area contributed by atoms with Gasteiger partial charge in [0.1, 0.15) is 5.82 Å². The quantitative estimate of drug-likeness (QED) is 0.667. The van der Waals surface area contributed by atoms with Crippen LogP contribution in [0.5, 0.6) is 0 Å². The Balaban J connectivity index is 2.36. The average Bonchev–Trinajstić information content (AvgIpc) is 2.62. The van der Waals surface area contributed by atoms with Gasteiger partial charge in [0.05, 0.1) is 5.69 Å². The van der Waals surface area contributed by atoms with Crippen molar-refractivity contribution in [3.63, 3.8) is 0 Å². The minimum atomic E-state index is -0.941. The van der Waals surface area contributed by atoms with E-state index in [2.05, 4.69) is 23.0 Å². The molecule has 0 aliphatic carbocycles. The number of rotatable bonds is 3. The van der Waals surface area contributed by atoms with E-state index in [0.29, 0.717) is 0 Å².